The number of carboxylic acid groups (broad SMARTS) is 1. The summed E-state index contributed by atoms with van der Waals surface area (Å²) in [6, 6.07) is 5.60. The average Bonchev–Trinajstić information content (AvgIpc) is 2.37. The normalized spacial score (nSPS) is 13.1. The summed E-state index contributed by atoms with van der Waals surface area (Å²) >= 11 is 5.81. The molecule has 1 rings (SSSR count). The second-order valence-electron chi connectivity index (χ2n) is 4.14. The lowest BCUT2D eigenvalue weighted by Gasteiger charge is -2.18. The van der Waals surface area contributed by atoms with Crippen LogP contribution in [0.4, 0.5) is 0 Å². The van der Waals surface area contributed by atoms with Crippen LogP contribution in [0, 0.1) is 0 Å². The standard InChI is InChI=1S/C14H16ClNO4/c1-3-5-12(14(18)19)16-13(17)9(2)20-11-7-4-6-10(15)8-11/h3-4,6-9,12H,1,5H2,2H3,(H,16,17)(H,18,19). The predicted molar refractivity (Wildman–Crippen MR) is 75.9 cm³/mol. The van der Waals surface area contributed by atoms with Gasteiger partial charge < -0.3 is 15.2 Å². The molecule has 0 fully saturated rings. The second kappa shape index (κ2) is 7.55. The molecule has 0 aliphatic carbocycles. The first-order chi connectivity index (χ1) is 9.43. The van der Waals surface area contributed by atoms with Crippen molar-refractivity contribution in [3.05, 3.63) is 41.9 Å². The fourth-order valence-electron chi connectivity index (χ4n) is 1.48. The van der Waals surface area contributed by atoms with E-state index < -0.39 is 24.0 Å². The number of carbonyl (C=O) groups is 2. The van der Waals surface area contributed by atoms with E-state index in [2.05, 4.69) is 11.9 Å². The molecule has 5 nitrogen and oxygen atoms in total. The van der Waals surface area contributed by atoms with Gasteiger partial charge in [-0.3, -0.25) is 4.79 Å². The van der Waals surface area contributed by atoms with E-state index in [1.54, 1.807) is 24.3 Å². The molecule has 1 amide bonds. The van der Waals surface area contributed by atoms with Crippen LogP contribution in [0.3, 0.4) is 0 Å². The minimum Gasteiger partial charge on any atom is -0.481 e. The van der Waals surface area contributed by atoms with Crippen LogP contribution in [0.5, 0.6) is 5.75 Å². The highest BCUT2D eigenvalue weighted by atomic mass is 35.5. The van der Waals surface area contributed by atoms with Crippen molar-refractivity contribution in [2.45, 2.75) is 25.5 Å². The van der Waals surface area contributed by atoms with E-state index in [4.69, 9.17) is 21.4 Å². The fourth-order valence-corrected chi connectivity index (χ4v) is 1.66. The fraction of sp³-hybridized carbons (Fsp3) is 0.286. The van der Waals surface area contributed by atoms with Gasteiger partial charge >= 0.3 is 5.97 Å². The first-order valence-electron chi connectivity index (χ1n) is 6.00. The van der Waals surface area contributed by atoms with Crippen LogP contribution in [-0.2, 0) is 9.59 Å². The van der Waals surface area contributed by atoms with Gasteiger partial charge in [-0.25, -0.2) is 4.79 Å². The van der Waals surface area contributed by atoms with Gasteiger partial charge in [0.05, 0.1) is 0 Å². The van der Waals surface area contributed by atoms with Gasteiger partial charge in [0.15, 0.2) is 6.10 Å². The van der Waals surface area contributed by atoms with E-state index in [0.717, 1.165) is 0 Å². The molecular weight excluding hydrogens is 282 g/mol. The summed E-state index contributed by atoms with van der Waals surface area (Å²) in [7, 11) is 0. The maximum Gasteiger partial charge on any atom is 0.326 e. The second-order valence-corrected chi connectivity index (χ2v) is 4.58. The number of aliphatic carboxylic acids is 1. The maximum atomic E-state index is 11.9. The summed E-state index contributed by atoms with van der Waals surface area (Å²) in [4.78, 5) is 22.8. The third kappa shape index (κ3) is 4.93. The molecule has 2 unspecified atom stereocenters. The van der Waals surface area contributed by atoms with Crippen LogP contribution in [0.25, 0.3) is 0 Å². The number of ether oxygens (including phenoxy) is 1. The van der Waals surface area contributed by atoms with Crippen LogP contribution in [-0.4, -0.2) is 29.1 Å². The molecule has 0 radical (unpaired) electrons. The molecule has 6 heteroatoms. The van der Waals surface area contributed by atoms with E-state index in [0.29, 0.717) is 10.8 Å². The number of hydrogen-bond donors (Lipinski definition) is 2. The molecule has 1 aromatic rings. The first-order valence-corrected chi connectivity index (χ1v) is 6.38. The van der Waals surface area contributed by atoms with Gasteiger partial charge in [0, 0.05) is 5.02 Å². The highest BCUT2D eigenvalue weighted by molar-refractivity contribution is 6.30. The van der Waals surface area contributed by atoms with E-state index in [9.17, 15) is 9.59 Å². The molecule has 2 N–H and O–H groups in total. The number of carboxylic acids is 1. The van der Waals surface area contributed by atoms with E-state index >= 15 is 0 Å². The van der Waals surface area contributed by atoms with E-state index in [-0.39, 0.29) is 6.42 Å². The van der Waals surface area contributed by atoms with Crippen LogP contribution < -0.4 is 10.1 Å². The number of halogens is 1. The zero-order valence-corrected chi connectivity index (χ0v) is 11.8. The molecule has 20 heavy (non-hydrogen) atoms. The van der Waals surface area contributed by atoms with Crippen LogP contribution in [0.2, 0.25) is 5.02 Å². The molecule has 0 bridgehead atoms. The van der Waals surface area contributed by atoms with Crippen LogP contribution >= 0.6 is 11.6 Å². The molecule has 0 spiro atoms. The molecule has 108 valence electrons. The Bertz CT molecular complexity index is 504. The summed E-state index contributed by atoms with van der Waals surface area (Å²) in [5.74, 6) is -1.19. The smallest absolute Gasteiger partial charge is 0.326 e. The van der Waals surface area contributed by atoms with Crippen LogP contribution in [0.1, 0.15) is 13.3 Å². The Labute approximate surface area is 122 Å². The van der Waals surface area contributed by atoms with Gasteiger partial charge in [-0.05, 0) is 31.5 Å². The summed E-state index contributed by atoms with van der Waals surface area (Å²) in [6.45, 7) is 4.98. The van der Waals surface area contributed by atoms with Crippen molar-refractivity contribution in [3.8, 4) is 5.75 Å². The Kier molecular flexibility index (Phi) is 6.06. The quantitative estimate of drug-likeness (QED) is 0.757. The lowest BCUT2D eigenvalue weighted by molar-refractivity contribution is -0.142. The Morgan fingerprint density at radius 1 is 1.55 bits per heavy atom. The van der Waals surface area contributed by atoms with E-state index in [1.165, 1.54) is 13.0 Å². The highest BCUT2D eigenvalue weighted by Crippen LogP contribution is 2.18. The Morgan fingerprint density at radius 3 is 2.80 bits per heavy atom. The van der Waals surface area contributed by atoms with Crippen molar-refractivity contribution >= 4 is 23.5 Å². The summed E-state index contributed by atoms with van der Waals surface area (Å²) < 4.78 is 5.40. The molecule has 0 aliphatic rings. The molecule has 0 saturated heterocycles. The number of nitrogens with one attached hydrogen (secondary N) is 1. The van der Waals surface area contributed by atoms with Crippen molar-refractivity contribution in [2.75, 3.05) is 0 Å². The number of rotatable bonds is 7. The zero-order valence-electron chi connectivity index (χ0n) is 11.0. The SMILES string of the molecule is C=CCC(NC(=O)C(C)Oc1cccc(Cl)c1)C(=O)O. The molecule has 0 heterocycles. The summed E-state index contributed by atoms with van der Waals surface area (Å²) in [5, 5.41) is 11.8. The predicted octanol–water partition coefficient (Wildman–Crippen LogP) is 2.25. The van der Waals surface area contributed by atoms with Gasteiger partial charge in [-0.15, -0.1) is 6.58 Å². The van der Waals surface area contributed by atoms with Crippen molar-refractivity contribution < 1.29 is 19.4 Å². The highest BCUT2D eigenvalue weighted by Gasteiger charge is 2.22. The van der Waals surface area contributed by atoms with Crippen LogP contribution in [0.15, 0.2) is 36.9 Å². The minimum atomic E-state index is -1.12. The summed E-state index contributed by atoms with van der Waals surface area (Å²) in [5.41, 5.74) is 0. The minimum absolute atomic E-state index is 0.144. The molecule has 0 saturated carbocycles. The lowest BCUT2D eigenvalue weighted by Crippen LogP contribution is -2.46. The van der Waals surface area contributed by atoms with Crippen molar-refractivity contribution in [2.24, 2.45) is 0 Å². The first kappa shape index (κ1) is 16.0. The Hall–Kier alpha value is -2.01. The maximum absolute atomic E-state index is 11.9. The molecule has 0 aromatic heterocycles. The summed E-state index contributed by atoms with van der Waals surface area (Å²) in [6.07, 6.45) is 0.743. The number of benzene rings is 1. The molecule has 1 aromatic carbocycles. The Morgan fingerprint density at radius 2 is 2.25 bits per heavy atom. The van der Waals surface area contributed by atoms with Gasteiger partial charge in [-0.2, -0.15) is 0 Å². The topological polar surface area (TPSA) is 75.6 Å². The number of amides is 1. The van der Waals surface area contributed by atoms with Gasteiger partial charge in [0.25, 0.3) is 5.91 Å². The van der Waals surface area contributed by atoms with E-state index in [1.807, 2.05) is 0 Å². The van der Waals surface area contributed by atoms with Crippen molar-refractivity contribution in [1.29, 1.82) is 0 Å². The zero-order chi connectivity index (χ0) is 15.1. The third-order valence-electron chi connectivity index (χ3n) is 2.50. The van der Waals surface area contributed by atoms with Crippen molar-refractivity contribution in [3.63, 3.8) is 0 Å². The lowest BCUT2D eigenvalue weighted by atomic mass is 10.2. The number of hydrogen-bond acceptors (Lipinski definition) is 3. The van der Waals surface area contributed by atoms with Crippen molar-refractivity contribution in [1.82, 2.24) is 5.32 Å². The largest absolute Gasteiger partial charge is 0.481 e. The number of carbonyl (C=O) groups excluding carboxylic acids is 1. The van der Waals surface area contributed by atoms with Gasteiger partial charge in [0.2, 0.25) is 0 Å². The van der Waals surface area contributed by atoms with Gasteiger partial charge in [0.1, 0.15) is 11.8 Å². The average molecular weight is 298 g/mol. The molecule has 0 aliphatic heterocycles. The Balaban J connectivity index is 2.62. The molecule has 2 atom stereocenters. The molecular formula is C14H16ClNO4. The monoisotopic (exact) mass is 297 g/mol. The van der Waals surface area contributed by atoms with Gasteiger partial charge in [-0.1, -0.05) is 23.7 Å². The third-order valence-corrected chi connectivity index (χ3v) is 2.73.